The lowest BCUT2D eigenvalue weighted by Crippen LogP contribution is -2.47. The maximum Gasteiger partial charge on any atom is 0.318 e. The van der Waals surface area contributed by atoms with E-state index >= 15 is 0 Å². The Morgan fingerprint density at radius 2 is 1.79 bits per heavy atom. The van der Waals surface area contributed by atoms with E-state index in [0.717, 1.165) is 5.69 Å². The van der Waals surface area contributed by atoms with E-state index in [-0.39, 0.29) is 24.7 Å². The number of hydrogen-bond donors (Lipinski definition) is 0. The summed E-state index contributed by atoms with van der Waals surface area (Å²) in [5, 5.41) is 0. The molecule has 2 heterocycles. The third kappa shape index (κ3) is 3.08. The summed E-state index contributed by atoms with van der Waals surface area (Å²) in [6.07, 6.45) is 4.02. The lowest BCUT2D eigenvalue weighted by Gasteiger charge is -2.30. The zero-order valence-electron chi connectivity index (χ0n) is 13.3. The third-order valence-electron chi connectivity index (χ3n) is 4.21. The molecule has 0 spiro atoms. The minimum absolute atomic E-state index is 0.0731. The van der Waals surface area contributed by atoms with E-state index in [0.29, 0.717) is 12.1 Å². The summed E-state index contributed by atoms with van der Waals surface area (Å²) in [7, 11) is 1.25. The summed E-state index contributed by atoms with van der Waals surface area (Å²) in [5.41, 5.74) is 1.49. The highest BCUT2D eigenvalue weighted by atomic mass is 16.5. The van der Waals surface area contributed by atoms with Gasteiger partial charge in [-0.2, -0.15) is 0 Å². The molecule has 124 valence electrons. The fourth-order valence-corrected chi connectivity index (χ4v) is 2.83. The molecule has 1 amide bonds. The van der Waals surface area contributed by atoms with Crippen molar-refractivity contribution >= 4 is 17.7 Å². The van der Waals surface area contributed by atoms with Crippen LogP contribution in [-0.2, 0) is 14.3 Å². The largest absolute Gasteiger partial charge is 0.468 e. The molecule has 1 fully saturated rings. The number of likely N-dealkylation sites (tertiary alicyclic amines) is 1. The normalized spacial score (nSPS) is 17.6. The van der Waals surface area contributed by atoms with Gasteiger partial charge in [0.05, 0.1) is 7.11 Å². The van der Waals surface area contributed by atoms with Crippen molar-refractivity contribution in [1.29, 1.82) is 0 Å². The molecule has 1 aliphatic rings. The first-order valence-corrected chi connectivity index (χ1v) is 7.73. The summed E-state index contributed by atoms with van der Waals surface area (Å²) in [4.78, 5) is 37.7. The maximum absolute atomic E-state index is 12.6. The second-order valence-electron chi connectivity index (χ2n) is 5.68. The molecule has 6 nitrogen and oxygen atoms in total. The van der Waals surface area contributed by atoms with Crippen molar-refractivity contribution in [2.45, 2.75) is 6.42 Å². The van der Waals surface area contributed by atoms with Crippen LogP contribution in [0.25, 0.3) is 5.69 Å². The van der Waals surface area contributed by atoms with Crippen LogP contribution in [-0.4, -0.2) is 47.3 Å². The molecule has 0 aliphatic carbocycles. The second kappa shape index (κ2) is 6.70. The zero-order valence-corrected chi connectivity index (χ0v) is 13.3. The molecule has 1 atom stereocenters. The molecule has 0 saturated carbocycles. The van der Waals surface area contributed by atoms with E-state index in [1.54, 1.807) is 12.1 Å². The van der Waals surface area contributed by atoms with E-state index in [1.807, 2.05) is 41.2 Å². The molecule has 1 saturated heterocycles. The van der Waals surface area contributed by atoms with Gasteiger partial charge in [0, 0.05) is 43.2 Å². The molecule has 3 rings (SSSR count). The van der Waals surface area contributed by atoms with Crippen LogP contribution in [0.4, 0.5) is 0 Å². The topological polar surface area (TPSA) is 68.6 Å². The van der Waals surface area contributed by atoms with Crippen LogP contribution in [0.3, 0.4) is 0 Å². The Morgan fingerprint density at radius 3 is 2.42 bits per heavy atom. The quantitative estimate of drug-likeness (QED) is 0.636. The molecule has 24 heavy (non-hydrogen) atoms. The molecule has 1 aromatic heterocycles. The van der Waals surface area contributed by atoms with Gasteiger partial charge < -0.3 is 14.2 Å². The highest BCUT2D eigenvalue weighted by Gasteiger charge is 2.35. The SMILES string of the molecule is COC(=O)C1CN(C(=O)c2ccc(-n3cccc3)cc2)CCC1=O. The number of hydrogen-bond acceptors (Lipinski definition) is 4. The molecule has 1 aliphatic heterocycles. The highest BCUT2D eigenvalue weighted by molar-refractivity contribution is 6.02. The third-order valence-corrected chi connectivity index (χ3v) is 4.21. The molecule has 6 heteroatoms. The van der Waals surface area contributed by atoms with Crippen molar-refractivity contribution in [1.82, 2.24) is 9.47 Å². The Bertz CT molecular complexity index is 742. The lowest BCUT2D eigenvalue weighted by atomic mass is 9.96. The Morgan fingerprint density at radius 1 is 1.12 bits per heavy atom. The number of aromatic nitrogens is 1. The molecule has 0 N–H and O–H groups in total. The van der Waals surface area contributed by atoms with Crippen LogP contribution in [0.5, 0.6) is 0 Å². The summed E-state index contributed by atoms with van der Waals surface area (Å²) in [6.45, 7) is 0.397. The first-order valence-electron chi connectivity index (χ1n) is 7.73. The molecule has 0 radical (unpaired) electrons. The van der Waals surface area contributed by atoms with E-state index in [4.69, 9.17) is 0 Å². The number of rotatable bonds is 3. The number of ketones is 1. The van der Waals surface area contributed by atoms with Gasteiger partial charge in [-0.15, -0.1) is 0 Å². The van der Waals surface area contributed by atoms with Crippen molar-refractivity contribution in [3.63, 3.8) is 0 Å². The van der Waals surface area contributed by atoms with Crippen molar-refractivity contribution < 1.29 is 19.1 Å². The van der Waals surface area contributed by atoms with Gasteiger partial charge in [0.15, 0.2) is 5.78 Å². The van der Waals surface area contributed by atoms with Gasteiger partial charge in [0.25, 0.3) is 5.91 Å². The van der Waals surface area contributed by atoms with Crippen molar-refractivity contribution in [3.8, 4) is 5.69 Å². The number of ether oxygens (including phenoxy) is 1. The van der Waals surface area contributed by atoms with Gasteiger partial charge >= 0.3 is 5.97 Å². The number of Topliss-reactive ketones (excluding diaryl/α,β-unsaturated/α-hetero) is 1. The van der Waals surface area contributed by atoms with Gasteiger partial charge in [0.2, 0.25) is 0 Å². The van der Waals surface area contributed by atoms with E-state index in [1.165, 1.54) is 12.0 Å². The monoisotopic (exact) mass is 326 g/mol. The summed E-state index contributed by atoms with van der Waals surface area (Å²) >= 11 is 0. The minimum atomic E-state index is -0.883. The number of methoxy groups -OCH3 is 1. The standard InChI is InChI=1S/C18H18N2O4/c1-24-18(23)15-12-20(11-8-16(15)21)17(22)13-4-6-14(7-5-13)19-9-2-3-10-19/h2-7,9-10,15H,8,11-12H2,1H3. The zero-order chi connectivity index (χ0) is 17.1. The van der Waals surface area contributed by atoms with Gasteiger partial charge in [-0.05, 0) is 36.4 Å². The molecular formula is C18H18N2O4. The van der Waals surface area contributed by atoms with Gasteiger partial charge in [0.1, 0.15) is 5.92 Å². The first-order chi connectivity index (χ1) is 11.6. The smallest absolute Gasteiger partial charge is 0.318 e. The molecule has 2 aromatic rings. The van der Waals surface area contributed by atoms with Gasteiger partial charge in [-0.1, -0.05) is 0 Å². The van der Waals surface area contributed by atoms with Gasteiger partial charge in [-0.25, -0.2) is 0 Å². The van der Waals surface area contributed by atoms with Crippen LogP contribution in [0.1, 0.15) is 16.8 Å². The van der Waals surface area contributed by atoms with Crippen molar-refractivity contribution in [3.05, 3.63) is 54.4 Å². The molecule has 1 aromatic carbocycles. The fourth-order valence-electron chi connectivity index (χ4n) is 2.83. The number of piperidine rings is 1. The highest BCUT2D eigenvalue weighted by Crippen LogP contribution is 2.18. The second-order valence-corrected chi connectivity index (χ2v) is 5.68. The summed E-state index contributed by atoms with van der Waals surface area (Å²) in [6, 6.07) is 11.1. The number of esters is 1. The predicted octanol–water partition coefficient (Wildman–Crippen LogP) is 1.68. The van der Waals surface area contributed by atoms with Crippen LogP contribution in [0.2, 0.25) is 0 Å². The van der Waals surface area contributed by atoms with E-state index in [9.17, 15) is 14.4 Å². The first kappa shape index (κ1) is 16.0. The van der Waals surface area contributed by atoms with E-state index < -0.39 is 11.9 Å². The Hall–Kier alpha value is -2.89. The lowest BCUT2D eigenvalue weighted by molar-refractivity contribution is -0.151. The van der Waals surface area contributed by atoms with Crippen LogP contribution >= 0.6 is 0 Å². The van der Waals surface area contributed by atoms with Gasteiger partial charge in [-0.3, -0.25) is 14.4 Å². The van der Waals surface area contributed by atoms with E-state index in [2.05, 4.69) is 4.74 Å². The number of nitrogens with zero attached hydrogens (tertiary/aromatic N) is 2. The van der Waals surface area contributed by atoms with Crippen molar-refractivity contribution in [2.75, 3.05) is 20.2 Å². The van der Waals surface area contributed by atoms with Crippen LogP contribution in [0.15, 0.2) is 48.8 Å². The number of carbonyl (C=O) groups excluding carboxylic acids is 3. The van der Waals surface area contributed by atoms with Crippen LogP contribution < -0.4 is 0 Å². The summed E-state index contributed by atoms with van der Waals surface area (Å²) in [5.74, 6) is -1.82. The predicted molar refractivity (Wildman–Crippen MR) is 86.8 cm³/mol. The molecule has 1 unspecified atom stereocenters. The maximum atomic E-state index is 12.6. The summed E-state index contributed by atoms with van der Waals surface area (Å²) < 4.78 is 6.60. The molecular weight excluding hydrogens is 308 g/mol. The Kier molecular flexibility index (Phi) is 4.46. The van der Waals surface area contributed by atoms with Crippen LogP contribution in [0, 0.1) is 5.92 Å². The average Bonchev–Trinajstić information content (AvgIpc) is 3.15. The minimum Gasteiger partial charge on any atom is -0.468 e. The average molecular weight is 326 g/mol. The fraction of sp³-hybridized carbons (Fsp3) is 0.278. The number of amides is 1. The Labute approximate surface area is 139 Å². The molecule has 0 bridgehead atoms. The van der Waals surface area contributed by atoms with Crippen molar-refractivity contribution in [2.24, 2.45) is 5.92 Å². The number of benzene rings is 1. The number of carbonyl (C=O) groups is 3. The Balaban J connectivity index is 1.74.